The predicted octanol–water partition coefficient (Wildman–Crippen LogP) is 1.99. The molecule has 0 unspecified atom stereocenters. The molecule has 0 aliphatic carbocycles. The zero-order valence-corrected chi connectivity index (χ0v) is 15.7. The SMILES string of the molecule is CN=C(NCCc1cccc(F)c1)NCC(C)(C)CCS(C)(=O)=O. The van der Waals surface area contributed by atoms with Crippen LogP contribution in [0.1, 0.15) is 25.8 Å². The molecule has 1 aromatic carbocycles. The van der Waals surface area contributed by atoms with Crippen LogP contribution in [-0.4, -0.2) is 46.5 Å². The monoisotopic (exact) mass is 357 g/mol. The first kappa shape index (κ1) is 20.4. The van der Waals surface area contributed by atoms with E-state index >= 15 is 0 Å². The number of guanidine groups is 1. The van der Waals surface area contributed by atoms with Crippen molar-refractivity contribution in [3.05, 3.63) is 35.6 Å². The second kappa shape index (κ2) is 9.01. The highest BCUT2D eigenvalue weighted by atomic mass is 32.2. The maximum Gasteiger partial charge on any atom is 0.191 e. The second-order valence-electron chi connectivity index (χ2n) is 6.78. The normalized spacial score (nSPS) is 13.0. The third kappa shape index (κ3) is 8.86. The van der Waals surface area contributed by atoms with Crippen LogP contribution in [-0.2, 0) is 16.3 Å². The van der Waals surface area contributed by atoms with Crippen molar-refractivity contribution in [2.24, 2.45) is 10.4 Å². The molecule has 0 saturated heterocycles. The van der Waals surface area contributed by atoms with E-state index in [0.29, 0.717) is 31.9 Å². The van der Waals surface area contributed by atoms with Gasteiger partial charge in [-0.1, -0.05) is 26.0 Å². The van der Waals surface area contributed by atoms with Crippen molar-refractivity contribution in [3.63, 3.8) is 0 Å². The van der Waals surface area contributed by atoms with Crippen molar-refractivity contribution >= 4 is 15.8 Å². The van der Waals surface area contributed by atoms with E-state index in [4.69, 9.17) is 0 Å². The Bertz CT molecular complexity index is 658. The number of aliphatic imine (C=N–C) groups is 1. The van der Waals surface area contributed by atoms with Crippen LogP contribution >= 0.6 is 0 Å². The van der Waals surface area contributed by atoms with Crippen LogP contribution in [0, 0.1) is 11.2 Å². The molecule has 24 heavy (non-hydrogen) atoms. The van der Waals surface area contributed by atoms with Crippen LogP contribution in [0.25, 0.3) is 0 Å². The quantitative estimate of drug-likeness (QED) is 0.551. The van der Waals surface area contributed by atoms with Crippen LogP contribution in [0.2, 0.25) is 0 Å². The summed E-state index contributed by atoms with van der Waals surface area (Å²) in [5, 5.41) is 6.39. The number of hydrogen-bond acceptors (Lipinski definition) is 3. The maximum absolute atomic E-state index is 13.1. The van der Waals surface area contributed by atoms with Gasteiger partial charge in [-0.15, -0.1) is 0 Å². The first-order valence-electron chi connectivity index (χ1n) is 7.98. The highest BCUT2D eigenvalue weighted by Crippen LogP contribution is 2.19. The van der Waals surface area contributed by atoms with E-state index in [2.05, 4.69) is 15.6 Å². The van der Waals surface area contributed by atoms with Gasteiger partial charge in [0.1, 0.15) is 15.7 Å². The average Bonchev–Trinajstić information content (AvgIpc) is 2.48. The van der Waals surface area contributed by atoms with Gasteiger partial charge in [-0.3, -0.25) is 4.99 Å². The van der Waals surface area contributed by atoms with E-state index in [0.717, 1.165) is 5.56 Å². The number of nitrogens with zero attached hydrogens (tertiary/aromatic N) is 1. The first-order valence-corrected chi connectivity index (χ1v) is 10.0. The van der Waals surface area contributed by atoms with Gasteiger partial charge in [-0.25, -0.2) is 12.8 Å². The van der Waals surface area contributed by atoms with Crippen LogP contribution < -0.4 is 10.6 Å². The molecule has 0 aromatic heterocycles. The van der Waals surface area contributed by atoms with Gasteiger partial charge in [0.25, 0.3) is 0 Å². The van der Waals surface area contributed by atoms with E-state index in [1.54, 1.807) is 13.1 Å². The molecule has 0 fully saturated rings. The lowest BCUT2D eigenvalue weighted by molar-refractivity contribution is 0.348. The fourth-order valence-electron chi connectivity index (χ4n) is 2.11. The number of hydrogen-bond donors (Lipinski definition) is 2. The third-order valence-electron chi connectivity index (χ3n) is 3.70. The van der Waals surface area contributed by atoms with E-state index < -0.39 is 9.84 Å². The van der Waals surface area contributed by atoms with Crippen molar-refractivity contribution in [3.8, 4) is 0 Å². The smallest absolute Gasteiger partial charge is 0.191 e. The molecule has 0 atom stereocenters. The summed E-state index contributed by atoms with van der Waals surface area (Å²) in [5.41, 5.74) is 0.759. The Labute approximate surface area is 144 Å². The molecule has 0 spiro atoms. The molecule has 7 heteroatoms. The van der Waals surface area contributed by atoms with Crippen molar-refractivity contribution in [2.75, 3.05) is 32.1 Å². The van der Waals surface area contributed by atoms with Gasteiger partial charge in [0.15, 0.2) is 5.96 Å². The number of halogens is 1. The van der Waals surface area contributed by atoms with Gasteiger partial charge in [0, 0.05) is 26.4 Å². The fraction of sp³-hybridized carbons (Fsp3) is 0.588. The van der Waals surface area contributed by atoms with E-state index in [9.17, 15) is 12.8 Å². The van der Waals surface area contributed by atoms with Crippen molar-refractivity contribution in [1.29, 1.82) is 0 Å². The maximum atomic E-state index is 13.1. The summed E-state index contributed by atoms with van der Waals surface area (Å²) in [7, 11) is -1.27. The van der Waals surface area contributed by atoms with E-state index in [1.807, 2.05) is 19.9 Å². The minimum absolute atomic E-state index is 0.163. The number of benzene rings is 1. The van der Waals surface area contributed by atoms with Crippen LogP contribution in [0.15, 0.2) is 29.3 Å². The zero-order valence-electron chi connectivity index (χ0n) is 14.9. The molecule has 0 heterocycles. The Morgan fingerprint density at radius 3 is 2.58 bits per heavy atom. The van der Waals surface area contributed by atoms with Gasteiger partial charge in [-0.05, 0) is 36.0 Å². The largest absolute Gasteiger partial charge is 0.356 e. The Balaban J connectivity index is 2.39. The van der Waals surface area contributed by atoms with Crippen LogP contribution in [0.3, 0.4) is 0 Å². The molecule has 5 nitrogen and oxygen atoms in total. The van der Waals surface area contributed by atoms with Gasteiger partial charge < -0.3 is 10.6 Å². The Kier molecular flexibility index (Phi) is 7.66. The Morgan fingerprint density at radius 2 is 2.00 bits per heavy atom. The fourth-order valence-corrected chi connectivity index (χ4v) is 3.03. The second-order valence-corrected chi connectivity index (χ2v) is 9.04. The molecule has 0 aliphatic heterocycles. The lowest BCUT2D eigenvalue weighted by Gasteiger charge is -2.25. The summed E-state index contributed by atoms with van der Waals surface area (Å²) in [4.78, 5) is 4.15. The third-order valence-corrected chi connectivity index (χ3v) is 4.65. The van der Waals surface area contributed by atoms with Crippen molar-refractivity contribution < 1.29 is 12.8 Å². The molecule has 0 aliphatic rings. The van der Waals surface area contributed by atoms with Crippen molar-refractivity contribution in [1.82, 2.24) is 10.6 Å². The molecular weight excluding hydrogens is 329 g/mol. The minimum Gasteiger partial charge on any atom is -0.356 e. The van der Waals surface area contributed by atoms with E-state index in [1.165, 1.54) is 18.4 Å². The molecule has 0 radical (unpaired) electrons. The standard InChI is InChI=1S/C17H28FN3O2S/c1-17(2,9-11-24(4,22)23)13-21-16(19-3)20-10-8-14-6-5-7-15(18)12-14/h5-7,12H,8-11,13H2,1-4H3,(H2,19,20,21). The lowest BCUT2D eigenvalue weighted by Crippen LogP contribution is -2.43. The summed E-state index contributed by atoms with van der Waals surface area (Å²) in [6.07, 6.45) is 2.53. The predicted molar refractivity (Wildman–Crippen MR) is 97.6 cm³/mol. The van der Waals surface area contributed by atoms with Gasteiger partial charge in [-0.2, -0.15) is 0 Å². The Hall–Kier alpha value is -1.63. The lowest BCUT2D eigenvalue weighted by atomic mass is 9.90. The average molecular weight is 357 g/mol. The summed E-state index contributed by atoms with van der Waals surface area (Å²) >= 11 is 0. The molecule has 0 bridgehead atoms. The minimum atomic E-state index is -2.95. The molecule has 1 aromatic rings. The molecule has 0 amide bonds. The Morgan fingerprint density at radius 1 is 1.29 bits per heavy atom. The highest BCUT2D eigenvalue weighted by Gasteiger charge is 2.20. The summed E-state index contributed by atoms with van der Waals surface area (Å²) in [6.45, 7) is 5.28. The van der Waals surface area contributed by atoms with Crippen molar-refractivity contribution in [2.45, 2.75) is 26.7 Å². The number of rotatable bonds is 8. The summed E-state index contributed by atoms with van der Waals surface area (Å²) in [5.74, 6) is 0.592. The zero-order chi connectivity index (χ0) is 18.2. The molecular formula is C17H28FN3O2S. The van der Waals surface area contributed by atoms with Gasteiger partial charge in [0.05, 0.1) is 5.75 Å². The summed E-state index contributed by atoms with van der Waals surface area (Å²) < 4.78 is 35.7. The van der Waals surface area contributed by atoms with E-state index in [-0.39, 0.29) is 17.0 Å². The highest BCUT2D eigenvalue weighted by molar-refractivity contribution is 7.90. The summed E-state index contributed by atoms with van der Waals surface area (Å²) in [6, 6.07) is 6.53. The van der Waals surface area contributed by atoms with Gasteiger partial charge >= 0.3 is 0 Å². The van der Waals surface area contributed by atoms with Crippen LogP contribution in [0.5, 0.6) is 0 Å². The number of nitrogens with one attached hydrogen (secondary N) is 2. The molecule has 136 valence electrons. The molecule has 0 saturated carbocycles. The molecule has 2 N–H and O–H groups in total. The van der Waals surface area contributed by atoms with Gasteiger partial charge in [0.2, 0.25) is 0 Å². The molecule has 1 rings (SSSR count). The van der Waals surface area contributed by atoms with Crippen LogP contribution in [0.4, 0.5) is 4.39 Å². The number of sulfone groups is 1. The first-order chi connectivity index (χ1) is 11.1. The topological polar surface area (TPSA) is 70.6 Å².